The monoisotopic (exact) mass is 278 g/mol. The van der Waals surface area contributed by atoms with E-state index in [2.05, 4.69) is 10.5 Å². The van der Waals surface area contributed by atoms with Crippen LogP contribution in [0.25, 0.3) is 11.1 Å². The summed E-state index contributed by atoms with van der Waals surface area (Å²) < 4.78 is 5.08. The third-order valence-corrected chi connectivity index (χ3v) is 2.99. The molecule has 0 saturated heterocycles. The summed E-state index contributed by atoms with van der Waals surface area (Å²) in [4.78, 5) is 11.7. The van der Waals surface area contributed by atoms with Gasteiger partial charge in [-0.05, 0) is 24.1 Å². The van der Waals surface area contributed by atoms with E-state index in [4.69, 9.17) is 16.1 Å². The number of carbonyl (C=O) groups excluding carboxylic acids is 1. The molecule has 2 rings (SSSR count). The minimum Gasteiger partial charge on any atom is -0.338 e. The summed E-state index contributed by atoms with van der Waals surface area (Å²) in [5.41, 5.74) is 1.65. The highest BCUT2D eigenvalue weighted by Gasteiger charge is 2.13. The summed E-state index contributed by atoms with van der Waals surface area (Å²) in [7, 11) is 0. The van der Waals surface area contributed by atoms with Gasteiger partial charge in [0.05, 0.1) is 11.8 Å². The molecule has 1 amide bonds. The summed E-state index contributed by atoms with van der Waals surface area (Å²) in [6, 6.07) is 7.28. The van der Waals surface area contributed by atoms with E-state index < -0.39 is 0 Å². The molecule has 0 bridgehead atoms. The molecule has 1 aromatic carbocycles. The van der Waals surface area contributed by atoms with E-state index in [1.54, 1.807) is 18.3 Å². The van der Waals surface area contributed by atoms with Crippen molar-refractivity contribution in [1.82, 2.24) is 5.16 Å². The van der Waals surface area contributed by atoms with Crippen molar-refractivity contribution in [2.75, 3.05) is 5.32 Å². The van der Waals surface area contributed by atoms with Crippen molar-refractivity contribution < 1.29 is 9.32 Å². The third kappa shape index (κ3) is 3.58. The normalized spacial score (nSPS) is 10.4. The summed E-state index contributed by atoms with van der Waals surface area (Å²) in [5.74, 6) is 0.317. The lowest BCUT2D eigenvalue weighted by Gasteiger charge is -2.03. The van der Waals surface area contributed by atoms with Crippen LogP contribution in [-0.4, -0.2) is 11.1 Å². The molecular formula is C14H15ClN2O2. The maximum atomic E-state index is 11.7. The first-order chi connectivity index (χ1) is 9.20. The van der Waals surface area contributed by atoms with Crippen molar-refractivity contribution in [2.24, 2.45) is 0 Å². The van der Waals surface area contributed by atoms with E-state index in [0.717, 1.165) is 24.0 Å². The van der Waals surface area contributed by atoms with Crippen molar-refractivity contribution in [3.63, 3.8) is 0 Å². The number of unbranched alkanes of at least 4 members (excludes halogenated alkanes) is 1. The number of rotatable bonds is 5. The topological polar surface area (TPSA) is 55.1 Å². The van der Waals surface area contributed by atoms with Gasteiger partial charge < -0.3 is 4.52 Å². The third-order valence-electron chi connectivity index (χ3n) is 2.74. The van der Waals surface area contributed by atoms with E-state index in [9.17, 15) is 4.79 Å². The molecule has 5 heteroatoms. The molecule has 1 aromatic heterocycles. The minimum absolute atomic E-state index is 0.0613. The minimum atomic E-state index is -0.0613. The predicted octanol–water partition coefficient (Wildman–Crippen LogP) is 4.12. The van der Waals surface area contributed by atoms with Crippen LogP contribution < -0.4 is 5.32 Å². The zero-order valence-corrected chi connectivity index (χ0v) is 11.4. The zero-order valence-electron chi connectivity index (χ0n) is 10.6. The Morgan fingerprint density at radius 1 is 1.37 bits per heavy atom. The molecule has 0 aliphatic carbocycles. The van der Waals surface area contributed by atoms with Gasteiger partial charge in [-0.3, -0.25) is 10.1 Å². The number of amides is 1. The van der Waals surface area contributed by atoms with Gasteiger partial charge in [-0.1, -0.05) is 42.2 Å². The molecule has 0 aliphatic rings. The second kappa shape index (κ2) is 6.38. The lowest BCUT2D eigenvalue weighted by atomic mass is 10.1. The van der Waals surface area contributed by atoms with E-state index in [1.165, 1.54) is 0 Å². The Balaban J connectivity index is 2.13. The molecule has 1 N–H and O–H groups in total. The van der Waals surface area contributed by atoms with Gasteiger partial charge in [-0.25, -0.2) is 0 Å². The Kier molecular flexibility index (Phi) is 4.58. The number of benzene rings is 1. The van der Waals surface area contributed by atoms with E-state index >= 15 is 0 Å². The number of nitrogens with one attached hydrogen (secondary N) is 1. The molecule has 0 spiro atoms. The summed E-state index contributed by atoms with van der Waals surface area (Å²) in [6.07, 6.45) is 3.90. The maximum Gasteiger partial charge on any atom is 0.239 e. The van der Waals surface area contributed by atoms with Crippen molar-refractivity contribution in [3.05, 3.63) is 35.5 Å². The number of hydrogen-bond donors (Lipinski definition) is 1. The zero-order chi connectivity index (χ0) is 13.7. The molecule has 4 nitrogen and oxygen atoms in total. The van der Waals surface area contributed by atoms with Crippen LogP contribution in [0, 0.1) is 0 Å². The van der Waals surface area contributed by atoms with Crippen molar-refractivity contribution >= 4 is 23.4 Å². The molecule has 2 aromatic rings. The molecule has 0 radical (unpaired) electrons. The van der Waals surface area contributed by atoms with Crippen LogP contribution in [0.4, 0.5) is 5.88 Å². The SMILES string of the molecule is CCCCC(=O)Nc1oncc1-c1ccc(Cl)cc1. The fourth-order valence-corrected chi connectivity index (χ4v) is 1.82. The second-order valence-corrected chi connectivity index (χ2v) is 4.66. The highest BCUT2D eigenvalue weighted by molar-refractivity contribution is 6.30. The average molecular weight is 279 g/mol. The van der Waals surface area contributed by atoms with Gasteiger partial charge >= 0.3 is 0 Å². The molecule has 100 valence electrons. The number of anilines is 1. The van der Waals surface area contributed by atoms with Gasteiger partial charge in [0, 0.05) is 11.4 Å². The van der Waals surface area contributed by atoms with Gasteiger partial charge in [-0.15, -0.1) is 0 Å². The summed E-state index contributed by atoms with van der Waals surface area (Å²) in [5, 5.41) is 7.13. The van der Waals surface area contributed by atoms with E-state index in [0.29, 0.717) is 17.3 Å². The first kappa shape index (κ1) is 13.6. The maximum absolute atomic E-state index is 11.7. The quantitative estimate of drug-likeness (QED) is 0.895. The Bertz CT molecular complexity index is 549. The van der Waals surface area contributed by atoms with Crippen LogP contribution in [0.1, 0.15) is 26.2 Å². The van der Waals surface area contributed by atoms with Crippen LogP contribution in [0.3, 0.4) is 0 Å². The van der Waals surface area contributed by atoms with Crippen molar-refractivity contribution in [3.8, 4) is 11.1 Å². The number of aromatic nitrogens is 1. The standard InChI is InChI=1S/C14H15ClN2O2/c1-2-3-4-13(18)17-14-12(9-16-19-14)10-5-7-11(15)8-6-10/h5-9H,2-4H2,1H3,(H,17,18). The Morgan fingerprint density at radius 2 is 2.11 bits per heavy atom. The molecule has 0 atom stereocenters. The van der Waals surface area contributed by atoms with E-state index in [1.807, 2.05) is 19.1 Å². The van der Waals surface area contributed by atoms with Crippen LogP contribution in [0.2, 0.25) is 5.02 Å². The second-order valence-electron chi connectivity index (χ2n) is 4.23. The smallest absolute Gasteiger partial charge is 0.239 e. The molecule has 1 heterocycles. The van der Waals surface area contributed by atoms with Gasteiger partial charge in [0.25, 0.3) is 0 Å². The lowest BCUT2D eigenvalue weighted by Crippen LogP contribution is -2.10. The number of hydrogen-bond acceptors (Lipinski definition) is 3. The Hall–Kier alpha value is -1.81. The molecule has 0 saturated carbocycles. The highest BCUT2D eigenvalue weighted by Crippen LogP contribution is 2.28. The number of halogens is 1. The van der Waals surface area contributed by atoms with Crippen LogP contribution in [0.15, 0.2) is 35.0 Å². The van der Waals surface area contributed by atoms with Gasteiger partial charge in [0.2, 0.25) is 11.8 Å². The van der Waals surface area contributed by atoms with Crippen molar-refractivity contribution in [2.45, 2.75) is 26.2 Å². The molecule has 0 unspecified atom stereocenters. The average Bonchev–Trinajstić information content (AvgIpc) is 2.85. The highest BCUT2D eigenvalue weighted by atomic mass is 35.5. The van der Waals surface area contributed by atoms with Gasteiger partial charge in [0.15, 0.2) is 0 Å². The van der Waals surface area contributed by atoms with Crippen LogP contribution in [-0.2, 0) is 4.79 Å². The molecule has 0 fully saturated rings. The first-order valence-corrected chi connectivity index (χ1v) is 6.59. The first-order valence-electron chi connectivity index (χ1n) is 6.21. The Morgan fingerprint density at radius 3 is 2.79 bits per heavy atom. The fourth-order valence-electron chi connectivity index (χ4n) is 1.69. The predicted molar refractivity (Wildman–Crippen MR) is 75.1 cm³/mol. The lowest BCUT2D eigenvalue weighted by molar-refractivity contribution is -0.116. The number of carbonyl (C=O) groups is 1. The fraction of sp³-hybridized carbons (Fsp3) is 0.286. The Labute approximate surface area is 116 Å². The molecule has 0 aliphatic heterocycles. The molecule has 19 heavy (non-hydrogen) atoms. The summed E-state index contributed by atoms with van der Waals surface area (Å²) >= 11 is 5.85. The largest absolute Gasteiger partial charge is 0.338 e. The van der Waals surface area contributed by atoms with E-state index in [-0.39, 0.29) is 5.91 Å². The van der Waals surface area contributed by atoms with Gasteiger partial charge in [0.1, 0.15) is 0 Å². The van der Waals surface area contributed by atoms with Crippen LogP contribution >= 0.6 is 11.6 Å². The summed E-state index contributed by atoms with van der Waals surface area (Å²) in [6.45, 7) is 2.04. The number of nitrogens with zero attached hydrogens (tertiary/aromatic N) is 1. The van der Waals surface area contributed by atoms with Gasteiger partial charge in [-0.2, -0.15) is 0 Å². The molecular weight excluding hydrogens is 264 g/mol. The van der Waals surface area contributed by atoms with Crippen LogP contribution in [0.5, 0.6) is 0 Å². The van der Waals surface area contributed by atoms with Crippen molar-refractivity contribution in [1.29, 1.82) is 0 Å².